The van der Waals surface area contributed by atoms with E-state index in [9.17, 15) is 30.7 Å². The van der Waals surface area contributed by atoms with Crippen LogP contribution in [0.4, 0.5) is 30.7 Å². The van der Waals surface area contributed by atoms with Crippen LogP contribution in [0.3, 0.4) is 0 Å². The van der Waals surface area contributed by atoms with E-state index >= 15 is 0 Å². The molecule has 0 aliphatic rings. The summed E-state index contributed by atoms with van der Waals surface area (Å²) in [5.74, 6) is -13.1. The van der Waals surface area contributed by atoms with Gasteiger partial charge in [0.05, 0.1) is 0 Å². The molecule has 8 heteroatoms. The third kappa shape index (κ3) is 4.37. The molecular weight excluding hydrogens is 404 g/mol. The molecule has 0 rings (SSSR count). The second kappa shape index (κ2) is 7.49. The molecule has 0 saturated heterocycles. The van der Waals surface area contributed by atoms with Gasteiger partial charge in [-0.15, -0.1) is 0 Å². The van der Waals surface area contributed by atoms with Crippen LogP contribution in [0.2, 0.25) is 0 Å². The Morgan fingerprint density at radius 3 is 1.75 bits per heavy atom. The van der Waals surface area contributed by atoms with Crippen molar-refractivity contribution in [1.82, 2.24) is 0 Å². The Kier molecular flexibility index (Phi) is 7.58. The van der Waals surface area contributed by atoms with E-state index < -0.39 is 34.3 Å². The summed E-state index contributed by atoms with van der Waals surface area (Å²) in [6.45, 7) is 3.09. The van der Waals surface area contributed by atoms with Gasteiger partial charge in [0.2, 0.25) is 0 Å². The molecule has 0 nitrogen and oxygen atoms in total. The van der Waals surface area contributed by atoms with Gasteiger partial charge in [-0.05, 0) is 12.8 Å². The fourth-order valence-electron chi connectivity index (χ4n) is 1.95. The predicted molar refractivity (Wildman–Crippen MR) is 71.7 cm³/mol. The lowest BCUT2D eigenvalue weighted by atomic mass is 9.88. The van der Waals surface area contributed by atoms with Gasteiger partial charge in [0.25, 0.3) is 0 Å². The van der Waals surface area contributed by atoms with Gasteiger partial charge in [0, 0.05) is 9.84 Å². The molecule has 20 heavy (non-hydrogen) atoms. The van der Waals surface area contributed by atoms with Crippen molar-refractivity contribution in [3.05, 3.63) is 0 Å². The molecule has 0 N–H and O–H groups in total. The zero-order valence-corrected chi connectivity index (χ0v) is 13.4. The molecular formula is C12H18F7I. The summed E-state index contributed by atoms with van der Waals surface area (Å²) in [6, 6.07) is 0. The summed E-state index contributed by atoms with van der Waals surface area (Å²) >= 11 is 1.56. The van der Waals surface area contributed by atoms with Crippen LogP contribution in [0.1, 0.15) is 46.0 Å². The summed E-state index contributed by atoms with van der Waals surface area (Å²) in [7, 11) is 0. The number of hydrogen-bond donors (Lipinski definition) is 0. The van der Waals surface area contributed by atoms with Crippen LogP contribution in [-0.2, 0) is 0 Å². The van der Waals surface area contributed by atoms with Gasteiger partial charge >= 0.3 is 18.0 Å². The third-order valence-corrected chi connectivity index (χ3v) is 4.69. The van der Waals surface area contributed by atoms with Crippen LogP contribution in [0, 0.1) is 5.92 Å². The minimum absolute atomic E-state index is 0.205. The second-order valence-corrected chi connectivity index (χ2v) is 6.32. The zero-order chi connectivity index (χ0) is 16.2. The summed E-state index contributed by atoms with van der Waals surface area (Å²) in [5, 5.41) is 0. The highest BCUT2D eigenvalue weighted by Gasteiger charge is 2.75. The van der Waals surface area contributed by atoms with Gasteiger partial charge in [0.15, 0.2) is 0 Å². The van der Waals surface area contributed by atoms with Gasteiger partial charge in [-0.2, -0.15) is 30.7 Å². The SMILES string of the molecule is CCCCCC(I)C(CC)C(F)(F)C(F)(F)C(F)(F)F. The van der Waals surface area contributed by atoms with Crippen molar-refractivity contribution in [3.63, 3.8) is 0 Å². The molecule has 0 saturated carbocycles. The van der Waals surface area contributed by atoms with Gasteiger partial charge in [-0.1, -0.05) is 55.7 Å². The first-order valence-electron chi connectivity index (χ1n) is 6.39. The second-order valence-electron chi connectivity index (χ2n) is 4.72. The number of rotatable bonds is 8. The largest absolute Gasteiger partial charge is 0.459 e. The monoisotopic (exact) mass is 422 g/mol. The van der Waals surface area contributed by atoms with E-state index in [2.05, 4.69) is 0 Å². The molecule has 0 spiro atoms. The molecule has 0 fully saturated rings. The standard InChI is InChI=1S/C12H18F7I/c1-3-5-6-7-9(20)8(4-2)10(13,14)11(15,16)12(17,18)19/h8-9H,3-7H2,1-2H3. The summed E-state index contributed by atoms with van der Waals surface area (Å²) in [4.78, 5) is 0. The van der Waals surface area contributed by atoms with E-state index in [1.54, 1.807) is 22.6 Å². The topological polar surface area (TPSA) is 0 Å². The molecule has 2 unspecified atom stereocenters. The molecule has 0 aromatic carbocycles. The minimum atomic E-state index is -6.25. The van der Waals surface area contributed by atoms with Gasteiger partial charge < -0.3 is 0 Å². The van der Waals surface area contributed by atoms with E-state index in [1.807, 2.05) is 6.92 Å². The van der Waals surface area contributed by atoms with Crippen molar-refractivity contribution in [1.29, 1.82) is 0 Å². The number of hydrogen-bond acceptors (Lipinski definition) is 0. The Bertz CT molecular complexity index is 288. The zero-order valence-electron chi connectivity index (χ0n) is 11.2. The maximum atomic E-state index is 13.6. The molecule has 0 bridgehead atoms. The maximum absolute atomic E-state index is 13.6. The molecule has 0 aliphatic heterocycles. The smallest absolute Gasteiger partial charge is 0.199 e. The lowest BCUT2D eigenvalue weighted by Gasteiger charge is -2.36. The summed E-state index contributed by atoms with van der Waals surface area (Å²) in [6.07, 6.45) is -4.39. The Balaban J connectivity index is 5.11. The van der Waals surface area contributed by atoms with Gasteiger partial charge in [-0.25, -0.2) is 0 Å². The number of halogens is 8. The van der Waals surface area contributed by atoms with Crippen molar-refractivity contribution >= 4 is 22.6 Å². The normalized spacial score (nSPS) is 17.1. The molecule has 0 aromatic heterocycles. The molecule has 2 atom stereocenters. The van der Waals surface area contributed by atoms with Crippen LogP contribution in [0.5, 0.6) is 0 Å². The first-order valence-corrected chi connectivity index (χ1v) is 7.64. The van der Waals surface area contributed by atoms with Crippen LogP contribution >= 0.6 is 22.6 Å². The highest BCUT2D eigenvalue weighted by Crippen LogP contribution is 2.52. The van der Waals surface area contributed by atoms with Crippen molar-refractivity contribution in [2.45, 2.75) is 67.9 Å². The number of unbranched alkanes of at least 4 members (excludes halogenated alkanes) is 2. The molecule has 0 amide bonds. The average molecular weight is 422 g/mol. The van der Waals surface area contributed by atoms with Crippen LogP contribution < -0.4 is 0 Å². The fourth-order valence-corrected chi connectivity index (χ4v) is 3.35. The first kappa shape index (κ1) is 20.2. The van der Waals surface area contributed by atoms with Gasteiger partial charge in [0.1, 0.15) is 0 Å². The maximum Gasteiger partial charge on any atom is 0.459 e. The van der Waals surface area contributed by atoms with Crippen molar-refractivity contribution < 1.29 is 30.7 Å². The van der Waals surface area contributed by atoms with Crippen LogP contribution in [0.15, 0.2) is 0 Å². The molecule has 0 heterocycles. The van der Waals surface area contributed by atoms with Crippen molar-refractivity contribution in [2.24, 2.45) is 5.92 Å². The third-order valence-electron chi connectivity index (χ3n) is 3.20. The molecule has 0 radical (unpaired) electrons. The van der Waals surface area contributed by atoms with E-state index in [4.69, 9.17) is 0 Å². The van der Waals surface area contributed by atoms with E-state index in [1.165, 1.54) is 6.92 Å². The van der Waals surface area contributed by atoms with E-state index in [0.29, 0.717) is 6.42 Å². The predicted octanol–water partition coefficient (Wildman–Crippen LogP) is 6.23. The Morgan fingerprint density at radius 1 is 0.900 bits per heavy atom. The minimum Gasteiger partial charge on any atom is -0.199 e. The highest BCUT2D eigenvalue weighted by atomic mass is 127. The van der Waals surface area contributed by atoms with Gasteiger partial charge in [-0.3, -0.25) is 0 Å². The van der Waals surface area contributed by atoms with Crippen molar-refractivity contribution in [3.8, 4) is 0 Å². The molecule has 0 aliphatic carbocycles. The van der Waals surface area contributed by atoms with Crippen LogP contribution in [0.25, 0.3) is 0 Å². The number of alkyl halides is 8. The Labute approximate surface area is 127 Å². The lowest BCUT2D eigenvalue weighted by Crippen LogP contribution is -2.57. The Hall–Kier alpha value is 0.240. The van der Waals surface area contributed by atoms with E-state index in [-0.39, 0.29) is 6.42 Å². The van der Waals surface area contributed by atoms with Crippen LogP contribution in [-0.4, -0.2) is 21.9 Å². The fraction of sp³-hybridized carbons (Fsp3) is 1.00. The highest BCUT2D eigenvalue weighted by molar-refractivity contribution is 14.1. The van der Waals surface area contributed by atoms with Crippen molar-refractivity contribution in [2.75, 3.05) is 0 Å². The average Bonchev–Trinajstić information content (AvgIpc) is 2.28. The quantitative estimate of drug-likeness (QED) is 0.188. The first-order chi connectivity index (χ1) is 8.93. The lowest BCUT2D eigenvalue weighted by molar-refractivity contribution is -0.365. The molecule has 122 valence electrons. The Morgan fingerprint density at radius 2 is 1.40 bits per heavy atom. The summed E-state index contributed by atoms with van der Waals surface area (Å²) < 4.78 is 88.9. The summed E-state index contributed by atoms with van der Waals surface area (Å²) in [5.41, 5.74) is 0. The molecule has 0 aromatic rings. The van der Waals surface area contributed by atoms with E-state index in [0.717, 1.165) is 12.8 Å².